The van der Waals surface area contributed by atoms with Gasteiger partial charge in [0.2, 0.25) is 0 Å². The highest BCUT2D eigenvalue weighted by Crippen LogP contribution is 2.28. The summed E-state index contributed by atoms with van der Waals surface area (Å²) in [7, 11) is 0. The number of benzene rings is 1. The van der Waals surface area contributed by atoms with E-state index in [2.05, 4.69) is 0 Å². The number of carboxylic acid groups (broad SMARTS) is 1. The minimum atomic E-state index is -0.792. The van der Waals surface area contributed by atoms with E-state index in [4.69, 9.17) is 9.84 Å². The monoisotopic (exact) mass is 206 g/mol. The van der Waals surface area contributed by atoms with Crippen molar-refractivity contribution in [1.29, 1.82) is 0 Å². The fourth-order valence-corrected chi connectivity index (χ4v) is 1.86. The van der Waals surface area contributed by atoms with Crippen LogP contribution >= 0.6 is 0 Å². The van der Waals surface area contributed by atoms with E-state index in [9.17, 15) is 4.79 Å². The summed E-state index contributed by atoms with van der Waals surface area (Å²) in [6.45, 7) is 2.05. The molecule has 3 nitrogen and oxygen atoms in total. The van der Waals surface area contributed by atoms with Crippen LogP contribution < -0.4 is 4.74 Å². The lowest BCUT2D eigenvalue weighted by Crippen LogP contribution is -2.19. The molecule has 1 aromatic rings. The highest BCUT2D eigenvalue weighted by atomic mass is 16.5. The van der Waals surface area contributed by atoms with Crippen LogP contribution in [-0.4, -0.2) is 17.2 Å². The standard InChI is InChI=1S/C12H14O3/c1-8-2-4-10-6-9(7-12(13)14)3-5-11(10)15-8/h3,5-6,8H,2,4,7H2,1H3,(H,13,14). The van der Waals surface area contributed by atoms with Gasteiger partial charge in [0.25, 0.3) is 0 Å². The highest BCUT2D eigenvalue weighted by molar-refractivity contribution is 5.70. The van der Waals surface area contributed by atoms with Gasteiger partial charge in [-0.05, 0) is 37.0 Å². The zero-order valence-electron chi connectivity index (χ0n) is 8.69. The lowest BCUT2D eigenvalue weighted by Gasteiger charge is -2.23. The summed E-state index contributed by atoms with van der Waals surface area (Å²) in [5, 5.41) is 8.68. The van der Waals surface area contributed by atoms with Gasteiger partial charge >= 0.3 is 5.97 Å². The number of hydrogen-bond acceptors (Lipinski definition) is 2. The minimum Gasteiger partial charge on any atom is -0.490 e. The topological polar surface area (TPSA) is 46.5 Å². The SMILES string of the molecule is CC1CCc2cc(CC(=O)O)ccc2O1. The van der Waals surface area contributed by atoms with Crippen LogP contribution in [0.5, 0.6) is 5.75 Å². The number of ether oxygens (including phenoxy) is 1. The Hall–Kier alpha value is -1.51. The average Bonchev–Trinajstić information content (AvgIpc) is 2.17. The molecule has 0 radical (unpaired) electrons. The van der Waals surface area contributed by atoms with Crippen molar-refractivity contribution in [3.63, 3.8) is 0 Å². The van der Waals surface area contributed by atoms with Crippen molar-refractivity contribution >= 4 is 5.97 Å². The fraction of sp³-hybridized carbons (Fsp3) is 0.417. The Bertz CT molecular complexity index is 384. The molecule has 0 saturated carbocycles. The molecular weight excluding hydrogens is 192 g/mol. The van der Waals surface area contributed by atoms with Gasteiger partial charge in [-0.15, -0.1) is 0 Å². The van der Waals surface area contributed by atoms with Crippen LogP contribution in [0.1, 0.15) is 24.5 Å². The number of aryl methyl sites for hydroxylation is 1. The molecule has 1 aliphatic heterocycles. The average molecular weight is 206 g/mol. The molecule has 1 N–H and O–H groups in total. The second-order valence-corrected chi connectivity index (χ2v) is 3.98. The molecule has 1 aromatic carbocycles. The molecule has 2 rings (SSSR count). The van der Waals surface area contributed by atoms with E-state index in [1.807, 2.05) is 25.1 Å². The van der Waals surface area contributed by atoms with Crippen LogP contribution in [-0.2, 0) is 17.6 Å². The summed E-state index contributed by atoms with van der Waals surface area (Å²) in [6.07, 6.45) is 2.33. The fourth-order valence-electron chi connectivity index (χ4n) is 1.86. The van der Waals surface area contributed by atoms with Gasteiger partial charge in [-0.3, -0.25) is 4.79 Å². The van der Waals surface area contributed by atoms with Gasteiger partial charge in [-0.2, -0.15) is 0 Å². The third-order valence-corrected chi connectivity index (χ3v) is 2.63. The molecule has 3 heteroatoms. The van der Waals surface area contributed by atoms with Gasteiger partial charge in [0, 0.05) is 0 Å². The molecule has 0 spiro atoms. The van der Waals surface area contributed by atoms with Crippen LogP contribution in [0.4, 0.5) is 0 Å². The van der Waals surface area contributed by atoms with Gasteiger partial charge in [0.05, 0.1) is 12.5 Å². The van der Waals surface area contributed by atoms with Crippen molar-refractivity contribution in [1.82, 2.24) is 0 Å². The molecule has 0 fully saturated rings. The third-order valence-electron chi connectivity index (χ3n) is 2.63. The quantitative estimate of drug-likeness (QED) is 0.805. The maximum Gasteiger partial charge on any atom is 0.307 e. The number of fused-ring (bicyclic) bond motifs is 1. The largest absolute Gasteiger partial charge is 0.490 e. The lowest BCUT2D eigenvalue weighted by molar-refractivity contribution is -0.136. The van der Waals surface area contributed by atoms with E-state index in [0.717, 1.165) is 29.7 Å². The molecule has 15 heavy (non-hydrogen) atoms. The van der Waals surface area contributed by atoms with Gasteiger partial charge in [-0.1, -0.05) is 12.1 Å². The van der Waals surface area contributed by atoms with Crippen LogP contribution in [0.15, 0.2) is 18.2 Å². The number of rotatable bonds is 2. The van der Waals surface area contributed by atoms with E-state index in [1.165, 1.54) is 0 Å². The van der Waals surface area contributed by atoms with Gasteiger partial charge in [0.1, 0.15) is 5.75 Å². The first kappa shape index (κ1) is 10.0. The molecule has 0 amide bonds. The van der Waals surface area contributed by atoms with Crippen LogP contribution in [0, 0.1) is 0 Å². The normalized spacial score (nSPS) is 19.1. The first-order valence-corrected chi connectivity index (χ1v) is 5.15. The zero-order valence-corrected chi connectivity index (χ0v) is 8.69. The Morgan fingerprint density at radius 1 is 1.60 bits per heavy atom. The predicted octanol–water partition coefficient (Wildman–Crippen LogP) is 2.03. The Labute approximate surface area is 88.7 Å². The molecule has 80 valence electrons. The number of carbonyl (C=O) groups is 1. The second kappa shape index (κ2) is 3.93. The van der Waals surface area contributed by atoms with Crippen molar-refractivity contribution in [2.75, 3.05) is 0 Å². The summed E-state index contributed by atoms with van der Waals surface area (Å²) in [5.74, 6) is 0.114. The molecule has 0 saturated heterocycles. The molecule has 1 atom stereocenters. The lowest BCUT2D eigenvalue weighted by atomic mass is 9.99. The van der Waals surface area contributed by atoms with Crippen molar-refractivity contribution in [3.05, 3.63) is 29.3 Å². The first-order valence-electron chi connectivity index (χ1n) is 5.15. The zero-order chi connectivity index (χ0) is 10.8. The van der Waals surface area contributed by atoms with E-state index in [1.54, 1.807) is 0 Å². The summed E-state index contributed by atoms with van der Waals surface area (Å²) in [4.78, 5) is 10.6. The van der Waals surface area contributed by atoms with Crippen LogP contribution in [0.25, 0.3) is 0 Å². The number of carboxylic acids is 1. The summed E-state index contributed by atoms with van der Waals surface area (Å²) >= 11 is 0. The predicted molar refractivity (Wildman–Crippen MR) is 56.2 cm³/mol. The molecule has 1 heterocycles. The van der Waals surface area contributed by atoms with E-state index >= 15 is 0 Å². The molecule has 1 aliphatic rings. The number of hydrogen-bond donors (Lipinski definition) is 1. The summed E-state index contributed by atoms with van der Waals surface area (Å²) in [6, 6.07) is 5.64. The Kier molecular flexibility index (Phi) is 2.62. The van der Waals surface area contributed by atoms with E-state index < -0.39 is 5.97 Å². The van der Waals surface area contributed by atoms with E-state index in [0.29, 0.717) is 0 Å². The smallest absolute Gasteiger partial charge is 0.307 e. The Balaban J connectivity index is 2.23. The third kappa shape index (κ3) is 2.29. The highest BCUT2D eigenvalue weighted by Gasteiger charge is 2.16. The summed E-state index contributed by atoms with van der Waals surface area (Å²) in [5.41, 5.74) is 1.98. The molecule has 1 unspecified atom stereocenters. The maximum atomic E-state index is 10.6. The van der Waals surface area contributed by atoms with Crippen molar-refractivity contribution < 1.29 is 14.6 Å². The Morgan fingerprint density at radius 2 is 2.40 bits per heavy atom. The maximum absolute atomic E-state index is 10.6. The first-order chi connectivity index (χ1) is 7.15. The molecule has 0 aromatic heterocycles. The van der Waals surface area contributed by atoms with Crippen LogP contribution in [0.3, 0.4) is 0 Å². The molecule has 0 bridgehead atoms. The van der Waals surface area contributed by atoms with Gasteiger partial charge in [0.15, 0.2) is 0 Å². The van der Waals surface area contributed by atoms with Crippen molar-refractivity contribution in [3.8, 4) is 5.75 Å². The Morgan fingerprint density at radius 3 is 3.13 bits per heavy atom. The van der Waals surface area contributed by atoms with Crippen LogP contribution in [0.2, 0.25) is 0 Å². The van der Waals surface area contributed by atoms with Crippen molar-refractivity contribution in [2.45, 2.75) is 32.3 Å². The minimum absolute atomic E-state index is 0.0861. The molecule has 0 aliphatic carbocycles. The second-order valence-electron chi connectivity index (χ2n) is 3.98. The van der Waals surface area contributed by atoms with E-state index in [-0.39, 0.29) is 12.5 Å². The van der Waals surface area contributed by atoms with Gasteiger partial charge in [-0.25, -0.2) is 0 Å². The summed E-state index contributed by atoms with van der Waals surface area (Å²) < 4.78 is 5.64. The van der Waals surface area contributed by atoms with Crippen molar-refractivity contribution in [2.24, 2.45) is 0 Å². The number of aliphatic carboxylic acids is 1. The molecular formula is C12H14O3. The van der Waals surface area contributed by atoms with Gasteiger partial charge < -0.3 is 9.84 Å².